The van der Waals surface area contributed by atoms with Crippen LogP contribution in [0.2, 0.25) is 0 Å². The molecule has 2 rings (SSSR count). The van der Waals surface area contributed by atoms with Crippen LogP contribution in [0.15, 0.2) is 24.3 Å². The first-order valence-corrected chi connectivity index (χ1v) is 6.35. The van der Waals surface area contributed by atoms with Crippen molar-refractivity contribution in [1.82, 2.24) is 0 Å². The number of hydrogen-bond donors (Lipinski definition) is 0. The normalized spacial score (nSPS) is 18.9. The molecule has 1 nitrogen and oxygen atoms in total. The van der Waals surface area contributed by atoms with Crippen LogP contribution in [0, 0.1) is 0 Å². The Bertz CT molecular complexity index is 405. The van der Waals surface area contributed by atoms with Gasteiger partial charge in [-0.15, -0.1) is 0 Å². The Kier molecular flexibility index (Phi) is 3.60. The standard InChI is InChI=1S/C15H19FO/c1-12(17)13-6-5-7-14(10-13)15(11-16)8-3-2-4-9-15/h5-7,10H,2-4,8-9,11H2,1H3. The van der Waals surface area contributed by atoms with E-state index in [1.807, 2.05) is 18.2 Å². The lowest BCUT2D eigenvalue weighted by molar-refractivity contribution is 0.101. The molecule has 0 amide bonds. The quantitative estimate of drug-likeness (QED) is 0.721. The van der Waals surface area contributed by atoms with Gasteiger partial charge in [-0.25, -0.2) is 0 Å². The first-order chi connectivity index (χ1) is 8.18. The van der Waals surface area contributed by atoms with Crippen molar-refractivity contribution in [2.24, 2.45) is 0 Å². The predicted octanol–water partition coefficient (Wildman–Crippen LogP) is 4.06. The van der Waals surface area contributed by atoms with Crippen LogP contribution in [0.1, 0.15) is 54.9 Å². The lowest BCUT2D eigenvalue weighted by Gasteiger charge is -2.35. The van der Waals surface area contributed by atoms with E-state index in [9.17, 15) is 9.18 Å². The minimum Gasteiger partial charge on any atom is -0.295 e. The van der Waals surface area contributed by atoms with Gasteiger partial charge in [0, 0.05) is 11.0 Å². The summed E-state index contributed by atoms with van der Waals surface area (Å²) in [5.41, 5.74) is 1.37. The molecule has 0 N–H and O–H groups in total. The third kappa shape index (κ3) is 2.41. The van der Waals surface area contributed by atoms with Crippen LogP contribution >= 0.6 is 0 Å². The van der Waals surface area contributed by atoms with E-state index in [1.165, 1.54) is 6.42 Å². The summed E-state index contributed by atoms with van der Waals surface area (Å²) in [5, 5.41) is 0. The zero-order chi connectivity index (χ0) is 12.3. The number of benzene rings is 1. The third-order valence-electron chi connectivity index (χ3n) is 3.95. The van der Waals surface area contributed by atoms with Gasteiger partial charge in [0.15, 0.2) is 5.78 Å². The zero-order valence-electron chi connectivity index (χ0n) is 10.3. The summed E-state index contributed by atoms with van der Waals surface area (Å²) < 4.78 is 13.5. The SMILES string of the molecule is CC(=O)c1cccc(C2(CF)CCCCC2)c1. The van der Waals surface area contributed by atoms with Crippen LogP contribution in [0.25, 0.3) is 0 Å². The Morgan fingerprint density at radius 2 is 2.00 bits per heavy atom. The maximum Gasteiger partial charge on any atom is 0.159 e. The number of halogens is 1. The number of carbonyl (C=O) groups excluding carboxylic acids is 1. The van der Waals surface area contributed by atoms with E-state index in [0.29, 0.717) is 5.56 Å². The van der Waals surface area contributed by atoms with E-state index in [0.717, 1.165) is 31.2 Å². The topological polar surface area (TPSA) is 17.1 Å². The van der Waals surface area contributed by atoms with Gasteiger partial charge in [0.05, 0.1) is 6.67 Å². The Hall–Kier alpha value is -1.18. The lowest BCUT2D eigenvalue weighted by Crippen LogP contribution is -2.31. The molecule has 1 aromatic rings. The first kappa shape index (κ1) is 12.3. The highest BCUT2D eigenvalue weighted by Crippen LogP contribution is 2.40. The van der Waals surface area contributed by atoms with Gasteiger partial charge in [0.1, 0.15) is 0 Å². The molecule has 1 aliphatic rings. The largest absolute Gasteiger partial charge is 0.295 e. The molecule has 1 saturated carbocycles. The summed E-state index contributed by atoms with van der Waals surface area (Å²) in [6.07, 6.45) is 5.20. The van der Waals surface area contributed by atoms with Crippen molar-refractivity contribution in [3.05, 3.63) is 35.4 Å². The molecule has 92 valence electrons. The lowest BCUT2D eigenvalue weighted by atomic mass is 9.70. The molecule has 0 spiro atoms. The van der Waals surface area contributed by atoms with Crippen LogP contribution in [0.3, 0.4) is 0 Å². The number of ketones is 1. The molecule has 0 radical (unpaired) electrons. The first-order valence-electron chi connectivity index (χ1n) is 6.35. The zero-order valence-corrected chi connectivity index (χ0v) is 10.3. The molecule has 1 aliphatic carbocycles. The third-order valence-corrected chi connectivity index (χ3v) is 3.95. The Labute approximate surface area is 102 Å². The highest BCUT2D eigenvalue weighted by Gasteiger charge is 2.34. The van der Waals surface area contributed by atoms with Crippen LogP contribution in [0.4, 0.5) is 4.39 Å². The van der Waals surface area contributed by atoms with E-state index >= 15 is 0 Å². The van der Waals surface area contributed by atoms with E-state index < -0.39 is 0 Å². The van der Waals surface area contributed by atoms with Gasteiger partial charge < -0.3 is 0 Å². The summed E-state index contributed by atoms with van der Waals surface area (Å²) in [5.74, 6) is 0.0525. The van der Waals surface area contributed by atoms with Crippen molar-refractivity contribution < 1.29 is 9.18 Å². The molecule has 0 saturated heterocycles. The molecule has 0 heterocycles. The maximum atomic E-state index is 13.5. The van der Waals surface area contributed by atoms with Crippen molar-refractivity contribution in [2.45, 2.75) is 44.4 Å². The molecule has 0 aliphatic heterocycles. The van der Waals surface area contributed by atoms with Gasteiger partial charge in [0.25, 0.3) is 0 Å². The summed E-state index contributed by atoms with van der Waals surface area (Å²) >= 11 is 0. The second-order valence-corrected chi connectivity index (χ2v) is 5.11. The van der Waals surface area contributed by atoms with Gasteiger partial charge in [-0.3, -0.25) is 9.18 Å². The van der Waals surface area contributed by atoms with Crippen molar-refractivity contribution in [2.75, 3.05) is 6.67 Å². The van der Waals surface area contributed by atoms with E-state index in [4.69, 9.17) is 0 Å². The summed E-state index contributed by atoms with van der Waals surface area (Å²) in [6, 6.07) is 7.53. The smallest absolute Gasteiger partial charge is 0.159 e. The number of alkyl halides is 1. The fourth-order valence-corrected chi connectivity index (χ4v) is 2.80. The maximum absolute atomic E-state index is 13.5. The van der Waals surface area contributed by atoms with E-state index in [1.54, 1.807) is 13.0 Å². The van der Waals surface area contributed by atoms with Crippen LogP contribution in [-0.2, 0) is 5.41 Å². The molecular formula is C15H19FO. The summed E-state index contributed by atoms with van der Waals surface area (Å²) in [7, 11) is 0. The van der Waals surface area contributed by atoms with Crippen LogP contribution < -0.4 is 0 Å². The Balaban J connectivity index is 2.36. The number of hydrogen-bond acceptors (Lipinski definition) is 1. The molecule has 2 heteroatoms. The minimum absolute atomic E-state index is 0.0525. The Morgan fingerprint density at radius 1 is 1.29 bits per heavy atom. The second kappa shape index (κ2) is 4.99. The average molecular weight is 234 g/mol. The highest BCUT2D eigenvalue weighted by atomic mass is 19.1. The van der Waals surface area contributed by atoms with Gasteiger partial charge in [-0.1, -0.05) is 37.5 Å². The monoisotopic (exact) mass is 234 g/mol. The molecule has 0 aromatic heterocycles. The summed E-state index contributed by atoms with van der Waals surface area (Å²) in [6.45, 7) is 1.25. The molecule has 1 fully saturated rings. The van der Waals surface area contributed by atoms with Crippen molar-refractivity contribution in [3.63, 3.8) is 0 Å². The highest BCUT2D eigenvalue weighted by molar-refractivity contribution is 5.94. The van der Waals surface area contributed by atoms with Gasteiger partial charge in [-0.2, -0.15) is 0 Å². The van der Waals surface area contributed by atoms with E-state index in [2.05, 4.69) is 0 Å². The fourth-order valence-electron chi connectivity index (χ4n) is 2.80. The van der Waals surface area contributed by atoms with Gasteiger partial charge in [-0.05, 0) is 31.4 Å². The number of Topliss-reactive ketones (excluding diaryl/α,β-unsaturated/α-hetero) is 1. The average Bonchev–Trinajstić information content (AvgIpc) is 2.39. The second-order valence-electron chi connectivity index (χ2n) is 5.11. The molecular weight excluding hydrogens is 215 g/mol. The summed E-state index contributed by atoms with van der Waals surface area (Å²) in [4.78, 5) is 11.4. The van der Waals surface area contributed by atoms with Crippen molar-refractivity contribution in [3.8, 4) is 0 Å². The van der Waals surface area contributed by atoms with Crippen molar-refractivity contribution in [1.29, 1.82) is 0 Å². The molecule has 1 aromatic carbocycles. The molecule has 17 heavy (non-hydrogen) atoms. The fraction of sp³-hybridized carbons (Fsp3) is 0.533. The minimum atomic E-state index is -0.330. The number of rotatable bonds is 3. The van der Waals surface area contributed by atoms with E-state index in [-0.39, 0.29) is 17.9 Å². The Morgan fingerprint density at radius 3 is 2.59 bits per heavy atom. The molecule has 0 unspecified atom stereocenters. The molecule has 0 bridgehead atoms. The van der Waals surface area contributed by atoms with Crippen LogP contribution in [-0.4, -0.2) is 12.5 Å². The van der Waals surface area contributed by atoms with Gasteiger partial charge >= 0.3 is 0 Å². The van der Waals surface area contributed by atoms with Crippen LogP contribution in [0.5, 0.6) is 0 Å². The predicted molar refractivity (Wildman–Crippen MR) is 67.2 cm³/mol. The van der Waals surface area contributed by atoms with Crippen molar-refractivity contribution >= 4 is 5.78 Å². The van der Waals surface area contributed by atoms with Gasteiger partial charge in [0.2, 0.25) is 0 Å². The number of carbonyl (C=O) groups is 1. The molecule has 0 atom stereocenters.